The highest BCUT2D eigenvalue weighted by molar-refractivity contribution is 7.21. The first-order valence-electron chi connectivity index (χ1n) is 7.09. The number of hydrogen-bond acceptors (Lipinski definition) is 4. The molecule has 20 heavy (non-hydrogen) atoms. The lowest BCUT2D eigenvalue weighted by Gasteiger charge is -2.29. The highest BCUT2D eigenvalue weighted by Crippen LogP contribution is 2.33. The minimum absolute atomic E-state index is 0.0394. The predicted molar refractivity (Wildman–Crippen MR) is 82.9 cm³/mol. The monoisotopic (exact) mass is 289 g/mol. The lowest BCUT2D eigenvalue weighted by molar-refractivity contribution is 0.0915. The van der Waals surface area contributed by atoms with Crippen molar-refractivity contribution < 1.29 is 4.79 Å². The molecule has 3 rings (SSSR count). The summed E-state index contributed by atoms with van der Waals surface area (Å²) in [4.78, 5) is 17.1. The number of hydrogen-bond donors (Lipinski definition) is 2. The van der Waals surface area contributed by atoms with Crippen molar-refractivity contribution in [1.82, 2.24) is 10.3 Å². The van der Waals surface area contributed by atoms with Crippen LogP contribution < -0.4 is 11.1 Å². The molecule has 3 N–H and O–H groups in total. The number of nitrogens with one attached hydrogen (secondary N) is 1. The van der Waals surface area contributed by atoms with Gasteiger partial charge in [0, 0.05) is 23.8 Å². The van der Waals surface area contributed by atoms with Gasteiger partial charge in [0.25, 0.3) is 5.91 Å². The van der Waals surface area contributed by atoms with E-state index in [9.17, 15) is 4.79 Å². The maximum absolute atomic E-state index is 12.4. The summed E-state index contributed by atoms with van der Waals surface area (Å²) in [6, 6.07) is 2.14. The Labute approximate surface area is 122 Å². The van der Waals surface area contributed by atoms with Crippen LogP contribution in [-0.4, -0.2) is 16.9 Å². The molecular weight excluding hydrogens is 270 g/mol. The molecule has 5 heteroatoms. The Kier molecular flexibility index (Phi) is 3.61. The van der Waals surface area contributed by atoms with Crippen LogP contribution in [-0.2, 0) is 0 Å². The number of amides is 1. The molecule has 2 aromatic rings. The smallest absolute Gasteiger partial charge is 0.263 e. The van der Waals surface area contributed by atoms with E-state index in [4.69, 9.17) is 5.73 Å². The topological polar surface area (TPSA) is 68.0 Å². The van der Waals surface area contributed by atoms with E-state index in [1.807, 2.05) is 6.07 Å². The van der Waals surface area contributed by atoms with E-state index < -0.39 is 0 Å². The van der Waals surface area contributed by atoms with E-state index in [2.05, 4.69) is 17.2 Å². The van der Waals surface area contributed by atoms with Gasteiger partial charge in [0.2, 0.25) is 0 Å². The SMILES string of the molecule is CC1CCCCC1NC(=O)c1sc2cnccc2c1N. The van der Waals surface area contributed by atoms with Crippen LogP contribution in [0.25, 0.3) is 10.1 Å². The minimum atomic E-state index is -0.0394. The second-order valence-corrected chi connectivity index (χ2v) is 6.61. The van der Waals surface area contributed by atoms with Crippen molar-refractivity contribution in [2.24, 2.45) is 5.92 Å². The molecule has 0 radical (unpaired) electrons. The second-order valence-electron chi connectivity index (χ2n) is 5.56. The average Bonchev–Trinajstić information content (AvgIpc) is 2.79. The molecule has 2 unspecified atom stereocenters. The number of carbonyl (C=O) groups excluding carboxylic acids is 1. The number of carbonyl (C=O) groups is 1. The van der Waals surface area contributed by atoms with E-state index in [0.29, 0.717) is 16.5 Å². The molecule has 0 aliphatic heterocycles. The van der Waals surface area contributed by atoms with Crippen molar-refractivity contribution in [3.63, 3.8) is 0 Å². The second kappa shape index (κ2) is 5.40. The number of fused-ring (bicyclic) bond motifs is 1. The molecule has 2 aromatic heterocycles. The summed E-state index contributed by atoms with van der Waals surface area (Å²) in [6.07, 6.45) is 8.19. The summed E-state index contributed by atoms with van der Waals surface area (Å²) in [6.45, 7) is 2.21. The fourth-order valence-corrected chi connectivity index (χ4v) is 3.90. The molecule has 106 valence electrons. The van der Waals surface area contributed by atoms with Crippen molar-refractivity contribution in [2.75, 3.05) is 5.73 Å². The lowest BCUT2D eigenvalue weighted by atomic mass is 9.86. The largest absolute Gasteiger partial charge is 0.397 e. The first-order chi connectivity index (χ1) is 9.66. The molecule has 2 heterocycles. The lowest BCUT2D eigenvalue weighted by Crippen LogP contribution is -2.40. The number of anilines is 1. The fraction of sp³-hybridized carbons (Fsp3) is 0.467. The zero-order valence-corrected chi connectivity index (χ0v) is 12.4. The van der Waals surface area contributed by atoms with Gasteiger partial charge in [-0.2, -0.15) is 0 Å². The van der Waals surface area contributed by atoms with Crippen molar-refractivity contribution in [3.05, 3.63) is 23.3 Å². The molecule has 0 saturated heterocycles. The average molecular weight is 289 g/mol. The van der Waals surface area contributed by atoms with Crippen LogP contribution in [0.3, 0.4) is 0 Å². The van der Waals surface area contributed by atoms with Crippen molar-refractivity contribution in [3.8, 4) is 0 Å². The summed E-state index contributed by atoms with van der Waals surface area (Å²) in [5.74, 6) is 0.507. The van der Waals surface area contributed by atoms with E-state index in [-0.39, 0.29) is 11.9 Å². The number of rotatable bonds is 2. The van der Waals surface area contributed by atoms with Crippen molar-refractivity contribution in [2.45, 2.75) is 38.6 Å². The summed E-state index contributed by atoms with van der Waals surface area (Å²) in [7, 11) is 0. The Morgan fingerprint density at radius 3 is 3.00 bits per heavy atom. The zero-order chi connectivity index (χ0) is 14.1. The normalized spacial score (nSPS) is 22.9. The van der Waals surface area contributed by atoms with E-state index in [1.54, 1.807) is 12.4 Å². The molecule has 1 aliphatic carbocycles. The third kappa shape index (κ3) is 2.38. The van der Waals surface area contributed by atoms with E-state index >= 15 is 0 Å². The predicted octanol–water partition coefficient (Wildman–Crippen LogP) is 3.19. The highest BCUT2D eigenvalue weighted by Gasteiger charge is 2.25. The number of aromatic nitrogens is 1. The Morgan fingerprint density at radius 1 is 1.45 bits per heavy atom. The van der Waals surface area contributed by atoms with Gasteiger partial charge in [-0.3, -0.25) is 9.78 Å². The number of thiophene rings is 1. The van der Waals surface area contributed by atoms with Gasteiger partial charge in [-0.25, -0.2) is 0 Å². The first kappa shape index (κ1) is 13.4. The number of nitrogens with two attached hydrogens (primary N) is 1. The van der Waals surface area contributed by atoms with Gasteiger partial charge in [-0.15, -0.1) is 11.3 Å². The van der Waals surface area contributed by atoms with Crippen molar-refractivity contribution >= 4 is 33.0 Å². The summed E-state index contributed by atoms with van der Waals surface area (Å²) >= 11 is 1.42. The molecular formula is C15H19N3OS. The van der Waals surface area contributed by atoms with Gasteiger partial charge in [0.15, 0.2) is 0 Å². The maximum Gasteiger partial charge on any atom is 0.263 e. The van der Waals surface area contributed by atoms with Crippen LogP contribution in [0.1, 0.15) is 42.3 Å². The Balaban J connectivity index is 1.83. The summed E-state index contributed by atoms with van der Waals surface area (Å²) in [5, 5.41) is 4.08. The van der Waals surface area contributed by atoms with Gasteiger partial charge in [-0.05, 0) is 24.8 Å². The van der Waals surface area contributed by atoms with Crippen LogP contribution in [0.15, 0.2) is 18.5 Å². The van der Waals surface area contributed by atoms with Crippen LogP contribution in [0, 0.1) is 5.92 Å². The van der Waals surface area contributed by atoms with Gasteiger partial charge in [0.05, 0.1) is 10.4 Å². The van der Waals surface area contributed by atoms with Crippen LogP contribution in [0.5, 0.6) is 0 Å². The third-order valence-electron chi connectivity index (χ3n) is 4.17. The zero-order valence-electron chi connectivity index (χ0n) is 11.6. The third-order valence-corrected chi connectivity index (χ3v) is 5.32. The van der Waals surface area contributed by atoms with Gasteiger partial charge in [-0.1, -0.05) is 19.8 Å². The molecule has 0 spiro atoms. The van der Waals surface area contributed by atoms with Gasteiger partial charge >= 0.3 is 0 Å². The molecule has 0 aromatic carbocycles. The number of nitrogens with zero attached hydrogens (tertiary/aromatic N) is 1. The molecule has 1 aliphatic rings. The minimum Gasteiger partial charge on any atom is -0.397 e. The van der Waals surface area contributed by atoms with Crippen LogP contribution in [0.4, 0.5) is 5.69 Å². The maximum atomic E-state index is 12.4. The Morgan fingerprint density at radius 2 is 2.25 bits per heavy atom. The quantitative estimate of drug-likeness (QED) is 0.892. The highest BCUT2D eigenvalue weighted by atomic mass is 32.1. The molecule has 0 bridgehead atoms. The van der Waals surface area contributed by atoms with E-state index in [0.717, 1.165) is 16.5 Å². The van der Waals surface area contributed by atoms with E-state index in [1.165, 1.54) is 30.6 Å². The molecule has 2 atom stereocenters. The summed E-state index contributed by atoms with van der Waals surface area (Å²) in [5.41, 5.74) is 6.68. The van der Waals surface area contributed by atoms with Crippen molar-refractivity contribution in [1.29, 1.82) is 0 Å². The molecule has 4 nitrogen and oxygen atoms in total. The first-order valence-corrected chi connectivity index (χ1v) is 7.91. The Hall–Kier alpha value is -1.62. The van der Waals surface area contributed by atoms with Crippen LogP contribution >= 0.6 is 11.3 Å². The Bertz CT molecular complexity index is 637. The van der Waals surface area contributed by atoms with Gasteiger partial charge < -0.3 is 11.1 Å². The summed E-state index contributed by atoms with van der Waals surface area (Å²) < 4.78 is 0.965. The van der Waals surface area contributed by atoms with Crippen LogP contribution in [0.2, 0.25) is 0 Å². The number of nitrogen functional groups attached to an aromatic ring is 1. The van der Waals surface area contributed by atoms with Gasteiger partial charge in [0.1, 0.15) is 4.88 Å². The number of pyridine rings is 1. The molecule has 1 fully saturated rings. The standard InChI is InChI=1S/C15H19N3OS/c1-9-4-2-3-5-11(9)18-15(19)14-13(16)10-6-7-17-8-12(10)20-14/h6-9,11H,2-5,16H2,1H3,(H,18,19). The molecule has 1 amide bonds. The molecule has 1 saturated carbocycles. The fourth-order valence-electron chi connectivity index (χ4n) is 2.90.